The maximum Gasteiger partial charge on any atom is 0.240 e. The Balaban J connectivity index is 2.89. The van der Waals surface area contributed by atoms with Crippen molar-refractivity contribution < 1.29 is 4.79 Å². The fourth-order valence-electron chi connectivity index (χ4n) is 1.48. The number of hydrogen-bond acceptors (Lipinski definition) is 2. The molecule has 0 aliphatic carbocycles. The first-order valence-electron chi connectivity index (χ1n) is 5.58. The SMILES string of the molecule is CCC(Br)C(=O)N(CCC#N)c1ccccc1. The zero-order chi connectivity index (χ0) is 12.7. The number of alkyl halides is 1. The molecule has 0 bridgehead atoms. The standard InChI is InChI=1S/C13H15BrN2O/c1-2-12(14)13(17)16(10-6-9-15)11-7-4-3-5-8-11/h3-5,7-8,12H,2,6,10H2,1H3. The van der Waals surface area contributed by atoms with Crippen LogP contribution in [0.25, 0.3) is 0 Å². The lowest BCUT2D eigenvalue weighted by atomic mass is 10.2. The lowest BCUT2D eigenvalue weighted by Gasteiger charge is -2.23. The summed E-state index contributed by atoms with van der Waals surface area (Å²) in [4.78, 5) is 13.6. The van der Waals surface area contributed by atoms with Crippen molar-refractivity contribution in [3.8, 4) is 6.07 Å². The van der Waals surface area contributed by atoms with Crippen LogP contribution in [-0.4, -0.2) is 17.3 Å². The van der Waals surface area contributed by atoms with Gasteiger partial charge in [-0.3, -0.25) is 4.79 Å². The minimum atomic E-state index is -0.193. The third-order valence-corrected chi connectivity index (χ3v) is 3.45. The Morgan fingerprint density at radius 3 is 2.65 bits per heavy atom. The summed E-state index contributed by atoms with van der Waals surface area (Å²) in [7, 11) is 0. The molecule has 1 aromatic carbocycles. The van der Waals surface area contributed by atoms with E-state index in [1.165, 1.54) is 0 Å². The Kier molecular flexibility index (Phi) is 5.71. The Bertz CT molecular complexity index is 400. The van der Waals surface area contributed by atoms with E-state index >= 15 is 0 Å². The summed E-state index contributed by atoms with van der Waals surface area (Å²) in [5, 5.41) is 8.64. The van der Waals surface area contributed by atoms with Crippen LogP contribution in [0.2, 0.25) is 0 Å². The third-order valence-electron chi connectivity index (χ3n) is 2.41. The van der Waals surface area contributed by atoms with Crippen molar-refractivity contribution >= 4 is 27.5 Å². The van der Waals surface area contributed by atoms with Crippen LogP contribution < -0.4 is 4.90 Å². The van der Waals surface area contributed by atoms with Crippen LogP contribution in [-0.2, 0) is 4.79 Å². The molecule has 1 rings (SSSR count). The van der Waals surface area contributed by atoms with Gasteiger partial charge in [0.2, 0.25) is 5.91 Å². The normalized spacial score (nSPS) is 11.6. The number of carbonyl (C=O) groups excluding carboxylic acids is 1. The van der Waals surface area contributed by atoms with Crippen molar-refractivity contribution in [2.45, 2.75) is 24.6 Å². The molecule has 1 atom stereocenters. The molecule has 0 aromatic heterocycles. The molecular weight excluding hydrogens is 280 g/mol. The van der Waals surface area contributed by atoms with E-state index in [9.17, 15) is 4.79 Å². The zero-order valence-electron chi connectivity index (χ0n) is 9.77. The van der Waals surface area contributed by atoms with Crippen LogP contribution in [0, 0.1) is 11.3 Å². The van der Waals surface area contributed by atoms with Gasteiger partial charge in [0.15, 0.2) is 0 Å². The van der Waals surface area contributed by atoms with Gasteiger partial charge in [0.1, 0.15) is 0 Å². The van der Waals surface area contributed by atoms with Gasteiger partial charge in [-0.1, -0.05) is 41.1 Å². The van der Waals surface area contributed by atoms with Crippen LogP contribution in [0.5, 0.6) is 0 Å². The van der Waals surface area contributed by atoms with E-state index in [1.807, 2.05) is 37.3 Å². The van der Waals surface area contributed by atoms with E-state index in [0.29, 0.717) is 13.0 Å². The highest BCUT2D eigenvalue weighted by atomic mass is 79.9. The molecule has 0 fully saturated rings. The summed E-state index contributed by atoms with van der Waals surface area (Å²) in [5.74, 6) is 0.00829. The number of hydrogen-bond donors (Lipinski definition) is 0. The molecule has 0 heterocycles. The predicted octanol–water partition coefficient (Wildman–Crippen LogP) is 3.11. The zero-order valence-corrected chi connectivity index (χ0v) is 11.4. The molecule has 0 radical (unpaired) electrons. The molecule has 0 spiro atoms. The number of nitrogens with zero attached hydrogens (tertiary/aromatic N) is 2. The number of nitriles is 1. The molecule has 0 aliphatic heterocycles. The van der Waals surface area contributed by atoms with Gasteiger partial charge in [-0.05, 0) is 18.6 Å². The molecule has 0 saturated carbocycles. The van der Waals surface area contributed by atoms with Gasteiger partial charge >= 0.3 is 0 Å². The van der Waals surface area contributed by atoms with Crippen molar-refractivity contribution in [1.29, 1.82) is 5.26 Å². The average Bonchev–Trinajstić information content (AvgIpc) is 2.39. The number of rotatable bonds is 5. The highest BCUT2D eigenvalue weighted by Crippen LogP contribution is 2.18. The van der Waals surface area contributed by atoms with Gasteiger partial charge < -0.3 is 4.90 Å². The maximum absolute atomic E-state index is 12.2. The molecular formula is C13H15BrN2O. The summed E-state index contributed by atoms with van der Waals surface area (Å²) in [5.41, 5.74) is 0.839. The molecule has 0 aliphatic rings. The number of anilines is 1. The van der Waals surface area contributed by atoms with E-state index in [4.69, 9.17) is 5.26 Å². The van der Waals surface area contributed by atoms with E-state index in [2.05, 4.69) is 22.0 Å². The van der Waals surface area contributed by atoms with E-state index in [1.54, 1.807) is 4.90 Å². The molecule has 1 amide bonds. The number of benzene rings is 1. The molecule has 3 nitrogen and oxygen atoms in total. The van der Waals surface area contributed by atoms with Crippen LogP contribution in [0.4, 0.5) is 5.69 Å². The van der Waals surface area contributed by atoms with Gasteiger partial charge in [0.25, 0.3) is 0 Å². The van der Waals surface area contributed by atoms with Gasteiger partial charge in [0, 0.05) is 12.2 Å². The fourth-order valence-corrected chi connectivity index (χ4v) is 1.73. The smallest absolute Gasteiger partial charge is 0.240 e. The molecule has 0 saturated heterocycles. The summed E-state index contributed by atoms with van der Waals surface area (Å²) in [6, 6.07) is 11.5. The van der Waals surface area contributed by atoms with Gasteiger partial charge in [0.05, 0.1) is 17.3 Å². The van der Waals surface area contributed by atoms with Crippen molar-refractivity contribution in [2.24, 2.45) is 0 Å². The van der Waals surface area contributed by atoms with Gasteiger partial charge in [-0.15, -0.1) is 0 Å². The van der Waals surface area contributed by atoms with Crippen LogP contribution in [0.3, 0.4) is 0 Å². The van der Waals surface area contributed by atoms with Crippen molar-refractivity contribution in [1.82, 2.24) is 0 Å². The molecule has 17 heavy (non-hydrogen) atoms. The van der Waals surface area contributed by atoms with E-state index in [-0.39, 0.29) is 10.7 Å². The highest BCUT2D eigenvalue weighted by molar-refractivity contribution is 9.10. The second-order valence-corrected chi connectivity index (χ2v) is 4.71. The lowest BCUT2D eigenvalue weighted by Crippen LogP contribution is -2.37. The first kappa shape index (κ1) is 13.7. The van der Waals surface area contributed by atoms with Crippen LogP contribution in [0.15, 0.2) is 30.3 Å². The summed E-state index contributed by atoms with van der Waals surface area (Å²) < 4.78 is 0. The predicted molar refractivity (Wildman–Crippen MR) is 72.0 cm³/mol. The van der Waals surface area contributed by atoms with E-state index < -0.39 is 0 Å². The highest BCUT2D eigenvalue weighted by Gasteiger charge is 2.21. The van der Waals surface area contributed by atoms with Crippen molar-refractivity contribution in [3.63, 3.8) is 0 Å². The number of carbonyl (C=O) groups is 1. The fraction of sp³-hybridized carbons (Fsp3) is 0.385. The number of amides is 1. The average molecular weight is 295 g/mol. The molecule has 1 unspecified atom stereocenters. The molecule has 4 heteroatoms. The summed E-state index contributed by atoms with van der Waals surface area (Å²) in [6.07, 6.45) is 1.07. The lowest BCUT2D eigenvalue weighted by molar-refractivity contribution is -0.118. The van der Waals surface area contributed by atoms with Crippen LogP contribution >= 0.6 is 15.9 Å². The topological polar surface area (TPSA) is 44.1 Å². The van der Waals surface area contributed by atoms with Gasteiger partial charge in [-0.25, -0.2) is 0 Å². The minimum Gasteiger partial charge on any atom is -0.310 e. The second-order valence-electron chi connectivity index (χ2n) is 3.61. The number of para-hydroxylation sites is 1. The largest absolute Gasteiger partial charge is 0.310 e. The third kappa shape index (κ3) is 3.86. The van der Waals surface area contributed by atoms with Crippen LogP contribution in [0.1, 0.15) is 19.8 Å². The monoisotopic (exact) mass is 294 g/mol. The second kappa shape index (κ2) is 7.08. The Morgan fingerprint density at radius 2 is 2.12 bits per heavy atom. The Hall–Kier alpha value is -1.34. The quantitative estimate of drug-likeness (QED) is 0.783. The van der Waals surface area contributed by atoms with Gasteiger partial charge in [-0.2, -0.15) is 5.26 Å². The Labute approximate surface area is 110 Å². The summed E-state index contributed by atoms with van der Waals surface area (Å²) >= 11 is 3.36. The van der Waals surface area contributed by atoms with E-state index in [0.717, 1.165) is 12.1 Å². The molecule has 90 valence electrons. The van der Waals surface area contributed by atoms with Crippen molar-refractivity contribution in [3.05, 3.63) is 30.3 Å². The minimum absolute atomic E-state index is 0.00829. The summed E-state index contributed by atoms with van der Waals surface area (Å²) in [6.45, 7) is 2.38. The first-order valence-corrected chi connectivity index (χ1v) is 6.49. The van der Waals surface area contributed by atoms with Crippen molar-refractivity contribution in [2.75, 3.05) is 11.4 Å². The molecule has 0 N–H and O–H groups in total. The number of halogens is 1. The first-order chi connectivity index (χ1) is 8.20. The Morgan fingerprint density at radius 1 is 1.47 bits per heavy atom. The maximum atomic E-state index is 12.2. The molecule has 1 aromatic rings.